The van der Waals surface area contributed by atoms with Gasteiger partial charge in [0.25, 0.3) is 25.3 Å². The van der Waals surface area contributed by atoms with Gasteiger partial charge >= 0.3 is 0 Å². The Hall–Kier alpha value is -6.81. The second kappa shape index (κ2) is 25.6. The van der Waals surface area contributed by atoms with Gasteiger partial charge in [0.1, 0.15) is 11.5 Å². The molecule has 0 amide bonds. The van der Waals surface area contributed by atoms with Crippen LogP contribution >= 0.6 is 11.6 Å². The monoisotopic (exact) mass is 915 g/mol. The van der Waals surface area contributed by atoms with Gasteiger partial charge in [-0.2, -0.15) is 27.0 Å². The second-order valence-corrected chi connectivity index (χ2v) is 14.2. The molecule has 4 aromatic rings. The summed E-state index contributed by atoms with van der Waals surface area (Å²) in [5.41, 5.74) is 16.1. The summed E-state index contributed by atoms with van der Waals surface area (Å²) in [6, 6.07) is 18.3. The summed E-state index contributed by atoms with van der Waals surface area (Å²) >= 11 is 6.10. The van der Waals surface area contributed by atoms with E-state index in [0.717, 1.165) is 17.3 Å². The van der Waals surface area contributed by atoms with Gasteiger partial charge in [0.15, 0.2) is 17.2 Å². The highest BCUT2D eigenvalue weighted by Crippen LogP contribution is 2.37. The van der Waals surface area contributed by atoms with E-state index < -0.39 is 25.3 Å². The lowest BCUT2D eigenvalue weighted by Gasteiger charge is -2.12. The average Bonchev–Trinajstić information content (AvgIpc) is 3.21. The third-order valence-electron chi connectivity index (χ3n) is 6.82. The summed E-state index contributed by atoms with van der Waals surface area (Å²) in [6.07, 6.45) is 2.47. The van der Waals surface area contributed by atoms with Crippen LogP contribution in [0.4, 0.5) is 0 Å². The van der Waals surface area contributed by atoms with Crippen molar-refractivity contribution in [2.24, 2.45) is 31.9 Å². The van der Waals surface area contributed by atoms with Crippen LogP contribution in [0.1, 0.15) is 22.3 Å². The Morgan fingerprint density at radius 2 is 1.07 bits per heavy atom. The fourth-order valence-corrected chi connectivity index (χ4v) is 5.20. The first-order valence-corrected chi connectivity index (χ1v) is 19.5. The number of nitrogens with one attached hydrogen (secondary N) is 2. The van der Waals surface area contributed by atoms with Crippen LogP contribution in [0.3, 0.4) is 0 Å². The van der Waals surface area contributed by atoms with Crippen LogP contribution in [0.2, 0.25) is 5.02 Å². The summed E-state index contributed by atoms with van der Waals surface area (Å²) in [5, 5.41) is 40.8. The topological polar surface area (TPSA) is 364 Å². The standard InChI is InChI=1S/C10H13ClN4O3.C10H13N5O6.2C7H8O3S/c1-17-7-4-3-6(8(11)9(7)18-2)5-13-14-10(12)15-16;1-19-7-3-4-8(20-2)9(21-15(17)18)6(7)5-12-13-10(11)14-16;2*1-6-2-4-7(5-3-6)11(8,9)10/h3-5,16H,1-2H3,(H3,12,14,15);3-5,16H,1-2H3,(H3,11,13,14);2*2-5H,1H3,(H,8,9,10). The number of hydrogen-bond donors (Lipinski definition) is 8. The summed E-state index contributed by atoms with van der Waals surface area (Å²) in [4.78, 5) is 14.9. The number of halogens is 1. The predicted molar refractivity (Wildman–Crippen MR) is 222 cm³/mol. The number of nitrogens with zero attached hydrogens (tertiary/aromatic N) is 5. The minimum atomic E-state index is -4.02. The first kappa shape index (κ1) is 52.2. The lowest BCUT2D eigenvalue weighted by molar-refractivity contribution is -0.711. The van der Waals surface area contributed by atoms with Gasteiger partial charge in [-0.25, -0.2) is 11.0 Å². The van der Waals surface area contributed by atoms with E-state index >= 15 is 0 Å². The van der Waals surface area contributed by atoms with E-state index in [9.17, 15) is 26.9 Å². The van der Waals surface area contributed by atoms with E-state index in [1.54, 1.807) is 47.4 Å². The Kier molecular flexibility index (Phi) is 21.9. The van der Waals surface area contributed by atoms with Crippen molar-refractivity contribution in [2.75, 3.05) is 28.4 Å². The normalized spacial score (nSPS) is 11.5. The van der Waals surface area contributed by atoms with E-state index in [2.05, 4.69) is 25.2 Å². The molecule has 61 heavy (non-hydrogen) atoms. The molecule has 10 N–H and O–H groups in total. The Balaban J connectivity index is 0.000000422. The Morgan fingerprint density at radius 1 is 0.672 bits per heavy atom. The fourth-order valence-electron chi connectivity index (χ4n) is 3.96. The Bertz CT molecular complexity index is 2330. The van der Waals surface area contributed by atoms with Gasteiger partial charge in [-0.05, 0) is 62.4 Å². The molecule has 0 aliphatic rings. The van der Waals surface area contributed by atoms with Crippen molar-refractivity contribution in [3.8, 4) is 28.7 Å². The Morgan fingerprint density at radius 3 is 1.44 bits per heavy atom. The van der Waals surface area contributed by atoms with Gasteiger partial charge < -0.3 is 30.4 Å². The van der Waals surface area contributed by atoms with Crippen LogP contribution in [-0.4, -0.2) is 94.2 Å². The van der Waals surface area contributed by atoms with Crippen molar-refractivity contribution in [3.05, 3.63) is 110 Å². The van der Waals surface area contributed by atoms with Crippen molar-refractivity contribution in [1.29, 1.82) is 0 Å². The third kappa shape index (κ3) is 18.3. The van der Waals surface area contributed by atoms with E-state index in [1.165, 1.54) is 71.1 Å². The fraction of sp³-hybridized carbons (Fsp3) is 0.176. The van der Waals surface area contributed by atoms with Crippen LogP contribution in [0.5, 0.6) is 28.7 Å². The molecule has 0 fully saturated rings. The van der Waals surface area contributed by atoms with Crippen molar-refractivity contribution < 1.29 is 65.2 Å². The number of hydrogen-bond acceptors (Lipinski definition) is 17. The van der Waals surface area contributed by atoms with Crippen LogP contribution in [-0.2, 0) is 20.2 Å². The molecule has 0 aliphatic carbocycles. The predicted octanol–water partition coefficient (Wildman–Crippen LogP) is 3.37. The molecule has 0 aromatic heterocycles. The van der Waals surface area contributed by atoms with Gasteiger partial charge in [0.2, 0.25) is 11.9 Å². The first-order chi connectivity index (χ1) is 28.7. The largest absolute Gasteiger partial charge is 0.496 e. The maximum Gasteiger partial charge on any atom is 0.299 e. The smallest absolute Gasteiger partial charge is 0.299 e. The first-order valence-electron chi connectivity index (χ1n) is 16.3. The summed E-state index contributed by atoms with van der Waals surface area (Å²) in [7, 11) is -2.36. The molecule has 0 unspecified atom stereocenters. The summed E-state index contributed by atoms with van der Waals surface area (Å²) in [6.45, 7) is 3.68. The Labute approximate surface area is 354 Å². The zero-order valence-electron chi connectivity index (χ0n) is 32.9. The SMILES string of the molecule is COc1ccc(C=NN=C(N)NO)c(Cl)c1OC.COc1ccc(OC)c(O[N+](=O)[O-])c1C=NN=C(N)NO.Cc1ccc(S(=O)(=O)O)cc1.Cc1ccc(S(=O)(=O)O)cc1. The van der Waals surface area contributed by atoms with E-state index in [0.29, 0.717) is 22.1 Å². The maximum atomic E-state index is 10.6. The zero-order chi connectivity index (χ0) is 46.3. The number of benzene rings is 4. The highest BCUT2D eigenvalue weighted by molar-refractivity contribution is 7.86. The third-order valence-corrected chi connectivity index (χ3v) is 8.95. The molecule has 0 saturated carbocycles. The minimum absolute atomic E-state index is 0.0666. The number of methoxy groups -OCH3 is 4. The molecular formula is C34H42ClN9O15S2. The van der Waals surface area contributed by atoms with Crippen LogP contribution in [0, 0.1) is 24.0 Å². The van der Waals surface area contributed by atoms with Crippen molar-refractivity contribution in [1.82, 2.24) is 11.0 Å². The highest BCUT2D eigenvalue weighted by atomic mass is 35.5. The number of ether oxygens (including phenoxy) is 4. The molecular weight excluding hydrogens is 874 g/mol. The second-order valence-electron chi connectivity index (χ2n) is 11.0. The van der Waals surface area contributed by atoms with Gasteiger partial charge in [0, 0.05) is 5.56 Å². The molecule has 4 rings (SSSR count). The number of aryl methyl sites for hydroxylation is 2. The minimum Gasteiger partial charge on any atom is -0.496 e. The molecule has 0 bridgehead atoms. The molecule has 0 spiro atoms. The van der Waals surface area contributed by atoms with Crippen molar-refractivity contribution in [3.63, 3.8) is 0 Å². The van der Waals surface area contributed by atoms with Crippen molar-refractivity contribution in [2.45, 2.75) is 23.6 Å². The molecule has 4 aromatic carbocycles. The molecule has 24 nitrogen and oxygen atoms in total. The maximum absolute atomic E-state index is 10.6. The van der Waals surface area contributed by atoms with Crippen LogP contribution in [0.15, 0.2) is 103 Å². The van der Waals surface area contributed by atoms with Crippen LogP contribution in [0.25, 0.3) is 0 Å². The summed E-state index contributed by atoms with van der Waals surface area (Å²) in [5.74, 6) is 0.442. The summed E-state index contributed by atoms with van der Waals surface area (Å²) < 4.78 is 79.3. The number of nitrogens with two attached hydrogens (primary N) is 2. The van der Waals surface area contributed by atoms with E-state index in [1.807, 2.05) is 13.8 Å². The number of guanidine groups is 2. The van der Waals surface area contributed by atoms with E-state index in [4.69, 9.17) is 61.5 Å². The molecule has 0 aliphatic heterocycles. The molecule has 0 heterocycles. The molecule has 0 radical (unpaired) electrons. The van der Waals surface area contributed by atoms with Crippen LogP contribution < -0.4 is 46.2 Å². The number of rotatable bonds is 12. The highest BCUT2D eigenvalue weighted by Gasteiger charge is 2.18. The van der Waals surface area contributed by atoms with Gasteiger partial charge in [-0.15, -0.1) is 20.3 Å². The molecule has 27 heteroatoms. The van der Waals surface area contributed by atoms with Gasteiger partial charge in [-0.3, -0.25) is 24.4 Å². The lowest BCUT2D eigenvalue weighted by Crippen LogP contribution is -2.27. The zero-order valence-corrected chi connectivity index (χ0v) is 35.3. The van der Waals surface area contributed by atoms with Crippen molar-refractivity contribution >= 4 is 56.2 Å². The van der Waals surface area contributed by atoms with Gasteiger partial charge in [-0.1, -0.05) is 47.0 Å². The average molecular weight is 916 g/mol. The molecule has 332 valence electrons. The number of hydroxylamine groups is 2. The molecule has 0 atom stereocenters. The van der Waals surface area contributed by atoms with E-state index in [-0.39, 0.29) is 44.5 Å². The lowest BCUT2D eigenvalue weighted by atomic mass is 10.2. The molecule has 0 saturated heterocycles. The quantitative estimate of drug-likeness (QED) is 0.0332. The van der Waals surface area contributed by atoms with Gasteiger partial charge in [0.05, 0.1) is 61.2 Å².